The predicted molar refractivity (Wildman–Crippen MR) is 80.4 cm³/mol. The van der Waals surface area contributed by atoms with Crippen molar-refractivity contribution in [3.05, 3.63) is 17.3 Å². The fourth-order valence-electron chi connectivity index (χ4n) is 2.54. The van der Waals surface area contributed by atoms with Gasteiger partial charge >= 0.3 is 0 Å². The van der Waals surface area contributed by atoms with Gasteiger partial charge in [0.2, 0.25) is 5.89 Å². The van der Waals surface area contributed by atoms with E-state index in [9.17, 15) is 4.79 Å². The molecule has 2 heterocycles. The average molecular weight is 289 g/mol. The van der Waals surface area contributed by atoms with Gasteiger partial charge in [-0.3, -0.25) is 9.69 Å². The third-order valence-electron chi connectivity index (χ3n) is 3.93. The largest absolute Gasteiger partial charge is 0.444 e. The molecule has 5 heteroatoms. The zero-order chi connectivity index (χ0) is 15.2. The highest BCUT2D eigenvalue weighted by Crippen LogP contribution is 2.19. The molecule has 0 aliphatic carbocycles. The van der Waals surface area contributed by atoms with Gasteiger partial charge in [0.1, 0.15) is 5.76 Å². The summed E-state index contributed by atoms with van der Waals surface area (Å²) in [5.41, 5.74) is 0.972. The highest BCUT2D eigenvalue weighted by atomic mass is 16.4. The van der Waals surface area contributed by atoms with Crippen LogP contribution in [0.2, 0.25) is 0 Å². The van der Waals surface area contributed by atoms with Gasteiger partial charge < -0.3 is 9.73 Å². The van der Waals surface area contributed by atoms with Crippen LogP contribution in [0.15, 0.2) is 4.42 Å². The maximum absolute atomic E-state index is 11.3. The molecule has 1 fully saturated rings. The molecular formula is C16H23N3O2. The van der Waals surface area contributed by atoms with Gasteiger partial charge in [0.15, 0.2) is 0 Å². The molecule has 114 valence electrons. The van der Waals surface area contributed by atoms with Gasteiger partial charge in [-0.05, 0) is 58.5 Å². The first-order chi connectivity index (χ1) is 10.1. The van der Waals surface area contributed by atoms with Crippen molar-refractivity contribution in [2.75, 3.05) is 19.6 Å². The number of piperidine rings is 1. The van der Waals surface area contributed by atoms with Gasteiger partial charge in [0.25, 0.3) is 5.91 Å². The molecule has 21 heavy (non-hydrogen) atoms. The Balaban J connectivity index is 1.72. The average Bonchev–Trinajstić information content (AvgIpc) is 2.77. The second-order valence-corrected chi connectivity index (χ2v) is 5.55. The predicted octanol–water partition coefficient (Wildman–Crippen LogP) is 1.64. The molecule has 0 unspecified atom stereocenters. The third-order valence-corrected chi connectivity index (χ3v) is 3.93. The maximum Gasteiger partial charge on any atom is 0.295 e. The molecule has 1 aliphatic heterocycles. The lowest BCUT2D eigenvalue weighted by molar-refractivity contribution is -0.115. The first-order valence-electron chi connectivity index (χ1n) is 7.44. The van der Waals surface area contributed by atoms with E-state index < -0.39 is 0 Å². The first kappa shape index (κ1) is 15.6. The van der Waals surface area contributed by atoms with Crippen LogP contribution >= 0.6 is 0 Å². The van der Waals surface area contributed by atoms with Crippen molar-refractivity contribution in [2.24, 2.45) is 5.92 Å². The van der Waals surface area contributed by atoms with E-state index in [4.69, 9.17) is 4.42 Å². The van der Waals surface area contributed by atoms with Crippen LogP contribution in [0.5, 0.6) is 0 Å². The number of nitrogens with one attached hydrogen (secondary N) is 1. The van der Waals surface area contributed by atoms with E-state index in [-0.39, 0.29) is 5.91 Å². The van der Waals surface area contributed by atoms with Gasteiger partial charge in [0, 0.05) is 6.54 Å². The Bertz CT molecular complexity index is 526. The number of rotatable bonds is 4. The minimum Gasteiger partial charge on any atom is -0.444 e. The van der Waals surface area contributed by atoms with Crippen LogP contribution in [-0.4, -0.2) is 35.4 Å². The highest BCUT2D eigenvalue weighted by molar-refractivity contribution is 5.93. The number of carbonyl (C=O) groups is 1. The molecule has 0 spiro atoms. The maximum atomic E-state index is 11.3. The molecule has 0 bridgehead atoms. The van der Waals surface area contributed by atoms with Gasteiger partial charge in [-0.15, -0.1) is 0 Å². The van der Waals surface area contributed by atoms with Crippen molar-refractivity contribution < 1.29 is 9.21 Å². The summed E-state index contributed by atoms with van der Waals surface area (Å²) in [5, 5.41) is 2.87. The van der Waals surface area contributed by atoms with Crippen LogP contribution in [-0.2, 0) is 11.3 Å². The number of aromatic nitrogens is 1. The first-order valence-corrected chi connectivity index (χ1v) is 7.44. The van der Waals surface area contributed by atoms with Crippen molar-refractivity contribution in [1.82, 2.24) is 15.2 Å². The summed E-state index contributed by atoms with van der Waals surface area (Å²) in [7, 11) is 0. The van der Waals surface area contributed by atoms with Crippen LogP contribution in [0.3, 0.4) is 0 Å². The molecule has 0 radical (unpaired) electrons. The second kappa shape index (κ2) is 7.28. The minimum absolute atomic E-state index is 0.175. The molecule has 1 amide bonds. The molecule has 2 rings (SSSR count). The lowest BCUT2D eigenvalue weighted by atomic mass is 9.97. The summed E-state index contributed by atoms with van der Waals surface area (Å²) in [6.07, 6.45) is 2.16. The van der Waals surface area contributed by atoms with Crippen LogP contribution in [0, 0.1) is 31.6 Å². The van der Waals surface area contributed by atoms with E-state index >= 15 is 0 Å². The van der Waals surface area contributed by atoms with E-state index in [1.807, 2.05) is 13.8 Å². The Hall–Kier alpha value is -1.80. The minimum atomic E-state index is -0.175. The van der Waals surface area contributed by atoms with E-state index in [0.717, 1.165) is 56.4 Å². The molecule has 1 aliphatic rings. The quantitative estimate of drug-likeness (QED) is 0.856. The Kier molecular flexibility index (Phi) is 5.40. The van der Waals surface area contributed by atoms with E-state index in [1.165, 1.54) is 0 Å². The third kappa shape index (κ3) is 4.61. The van der Waals surface area contributed by atoms with E-state index in [1.54, 1.807) is 6.92 Å². The molecule has 1 saturated heterocycles. The zero-order valence-electron chi connectivity index (χ0n) is 13.0. The van der Waals surface area contributed by atoms with Crippen LogP contribution in [0.1, 0.15) is 37.1 Å². The number of carbonyl (C=O) groups excluding carboxylic acids is 1. The number of nitrogens with zero attached hydrogens (tertiary/aromatic N) is 2. The molecule has 1 aromatic heterocycles. The van der Waals surface area contributed by atoms with Crippen LogP contribution < -0.4 is 5.32 Å². The molecule has 0 atom stereocenters. The van der Waals surface area contributed by atoms with Gasteiger partial charge in [-0.25, -0.2) is 4.98 Å². The Morgan fingerprint density at radius 3 is 2.71 bits per heavy atom. The van der Waals surface area contributed by atoms with Crippen molar-refractivity contribution in [2.45, 2.75) is 40.2 Å². The number of oxazole rings is 1. The number of amides is 1. The fourth-order valence-corrected chi connectivity index (χ4v) is 2.54. The smallest absolute Gasteiger partial charge is 0.295 e. The highest BCUT2D eigenvalue weighted by Gasteiger charge is 2.21. The van der Waals surface area contributed by atoms with Crippen LogP contribution in [0.25, 0.3) is 0 Å². The Labute approximate surface area is 126 Å². The molecular weight excluding hydrogens is 266 g/mol. The summed E-state index contributed by atoms with van der Waals surface area (Å²) in [4.78, 5) is 18.1. The molecule has 0 aromatic carbocycles. The second-order valence-electron chi connectivity index (χ2n) is 5.55. The van der Waals surface area contributed by atoms with Gasteiger partial charge in [-0.1, -0.05) is 5.92 Å². The Morgan fingerprint density at radius 2 is 2.14 bits per heavy atom. The topological polar surface area (TPSA) is 58.4 Å². The van der Waals surface area contributed by atoms with Gasteiger partial charge in [0.05, 0.1) is 12.2 Å². The SMILES string of the molecule is CC#CC(=O)NCC1CCN(Cc2nc(C)c(C)o2)CC1. The molecule has 1 aromatic rings. The lowest BCUT2D eigenvalue weighted by Crippen LogP contribution is -2.38. The van der Waals surface area contributed by atoms with Crippen molar-refractivity contribution in [1.29, 1.82) is 0 Å². The number of aryl methyl sites for hydroxylation is 2. The lowest BCUT2D eigenvalue weighted by Gasteiger charge is -2.30. The standard InChI is InChI=1S/C16H23N3O2/c1-4-5-15(20)17-10-14-6-8-19(9-7-14)11-16-18-12(2)13(3)21-16/h14H,6-11H2,1-3H3,(H,17,20). The monoisotopic (exact) mass is 289 g/mol. The van der Waals surface area contributed by atoms with Crippen molar-refractivity contribution >= 4 is 5.91 Å². The van der Waals surface area contributed by atoms with Gasteiger partial charge in [-0.2, -0.15) is 0 Å². The summed E-state index contributed by atoms with van der Waals surface area (Å²) < 4.78 is 5.62. The van der Waals surface area contributed by atoms with E-state index in [2.05, 4.69) is 27.0 Å². The van der Waals surface area contributed by atoms with Crippen molar-refractivity contribution in [3.8, 4) is 11.8 Å². The number of hydrogen-bond acceptors (Lipinski definition) is 4. The van der Waals surface area contributed by atoms with Crippen LogP contribution in [0.4, 0.5) is 0 Å². The number of likely N-dealkylation sites (tertiary alicyclic amines) is 1. The molecule has 5 nitrogen and oxygen atoms in total. The summed E-state index contributed by atoms with van der Waals surface area (Å²) in [5.74, 6) is 7.18. The molecule has 1 N–H and O–H groups in total. The molecule has 0 saturated carbocycles. The number of hydrogen-bond donors (Lipinski definition) is 1. The van der Waals surface area contributed by atoms with E-state index in [0.29, 0.717) is 5.92 Å². The summed E-state index contributed by atoms with van der Waals surface area (Å²) in [6, 6.07) is 0. The normalized spacial score (nSPS) is 16.3. The summed E-state index contributed by atoms with van der Waals surface area (Å²) >= 11 is 0. The van der Waals surface area contributed by atoms with Crippen molar-refractivity contribution in [3.63, 3.8) is 0 Å². The Morgan fingerprint density at radius 1 is 1.43 bits per heavy atom. The summed E-state index contributed by atoms with van der Waals surface area (Å²) in [6.45, 7) is 9.11. The fraction of sp³-hybridized carbons (Fsp3) is 0.625. The zero-order valence-corrected chi connectivity index (χ0v) is 13.0.